The number of nitrogens with zero attached hydrogens (tertiary/aromatic N) is 4. The molecule has 208 valence electrons. The number of fused-ring (bicyclic) bond motifs is 1. The van der Waals surface area contributed by atoms with Crippen LogP contribution in [0.4, 0.5) is 47.3 Å². The number of imidazole rings is 1. The van der Waals surface area contributed by atoms with E-state index >= 15 is 0 Å². The lowest BCUT2D eigenvalue weighted by Gasteiger charge is -2.16. The summed E-state index contributed by atoms with van der Waals surface area (Å²) in [5, 5.41) is 11.3. The molecule has 0 bridgehead atoms. The van der Waals surface area contributed by atoms with Gasteiger partial charge in [-0.25, -0.2) is 19.2 Å². The van der Waals surface area contributed by atoms with Gasteiger partial charge in [-0.2, -0.15) is 18.3 Å². The number of nitrogens with one attached hydrogen (secondary N) is 3. The zero-order valence-corrected chi connectivity index (χ0v) is 19.5. The maximum absolute atomic E-state index is 14.9. The Balaban J connectivity index is 1.54. The van der Waals surface area contributed by atoms with Crippen molar-refractivity contribution >= 4 is 23.5 Å². The SMILES string of the molecule is CC(C)NC(=O)O[C@@H]1CO[C@H](c2cc(Nc3nc(C(F)(F)F)cc4nc(COC(F)(F)F)cn34)n[nH]2)[C@H]1F. The number of carbonyl (C=O) groups is 1. The summed E-state index contributed by atoms with van der Waals surface area (Å²) in [4.78, 5) is 19.0. The molecule has 0 spiro atoms. The highest BCUT2D eigenvalue weighted by molar-refractivity contribution is 5.67. The van der Waals surface area contributed by atoms with E-state index < -0.39 is 55.3 Å². The molecule has 1 saturated heterocycles. The second-order valence-electron chi connectivity index (χ2n) is 8.43. The second-order valence-corrected chi connectivity index (χ2v) is 8.43. The van der Waals surface area contributed by atoms with Gasteiger partial charge >= 0.3 is 18.6 Å². The summed E-state index contributed by atoms with van der Waals surface area (Å²) in [6.45, 7) is 2.07. The molecule has 4 heterocycles. The number of anilines is 2. The van der Waals surface area contributed by atoms with Gasteiger partial charge in [-0.3, -0.25) is 14.2 Å². The van der Waals surface area contributed by atoms with Crippen LogP contribution in [0.3, 0.4) is 0 Å². The molecule has 1 amide bonds. The van der Waals surface area contributed by atoms with Crippen LogP contribution < -0.4 is 10.6 Å². The van der Waals surface area contributed by atoms with Crippen LogP contribution in [0, 0.1) is 0 Å². The van der Waals surface area contributed by atoms with Crippen molar-refractivity contribution in [2.24, 2.45) is 0 Å². The minimum Gasteiger partial charge on any atom is -0.441 e. The van der Waals surface area contributed by atoms with Crippen molar-refractivity contribution in [2.75, 3.05) is 11.9 Å². The number of alkyl halides is 7. The number of aromatic amines is 1. The number of alkyl carbamates (subject to hydrolysis) is 1. The molecule has 38 heavy (non-hydrogen) atoms. The van der Waals surface area contributed by atoms with E-state index in [4.69, 9.17) is 9.47 Å². The molecule has 1 aliphatic heterocycles. The Labute approximate surface area is 208 Å². The third kappa shape index (κ3) is 6.42. The minimum absolute atomic E-state index is 0.0727. The van der Waals surface area contributed by atoms with Gasteiger partial charge in [0, 0.05) is 24.4 Å². The molecule has 11 nitrogen and oxygen atoms in total. The minimum atomic E-state index is -4.98. The average Bonchev–Trinajstić information content (AvgIpc) is 3.50. The van der Waals surface area contributed by atoms with Crippen LogP contribution in [-0.2, 0) is 27.0 Å². The first-order valence-corrected chi connectivity index (χ1v) is 10.9. The van der Waals surface area contributed by atoms with Crippen molar-refractivity contribution in [2.45, 2.75) is 57.4 Å². The summed E-state index contributed by atoms with van der Waals surface area (Å²) in [6.07, 6.45) is -13.9. The lowest BCUT2D eigenvalue weighted by molar-refractivity contribution is -0.330. The van der Waals surface area contributed by atoms with Gasteiger partial charge in [0.15, 0.2) is 23.8 Å². The molecule has 3 aromatic heterocycles. The molecule has 0 unspecified atom stereocenters. The summed E-state index contributed by atoms with van der Waals surface area (Å²) in [5.74, 6) is -0.609. The predicted molar refractivity (Wildman–Crippen MR) is 113 cm³/mol. The summed E-state index contributed by atoms with van der Waals surface area (Å²) in [7, 11) is 0. The van der Waals surface area contributed by atoms with Gasteiger partial charge in [-0.05, 0) is 13.8 Å². The number of carbonyl (C=O) groups excluding carboxylic acids is 1. The van der Waals surface area contributed by atoms with Crippen molar-refractivity contribution in [3.05, 3.63) is 35.4 Å². The van der Waals surface area contributed by atoms with Gasteiger partial charge in [-0.1, -0.05) is 0 Å². The number of halogens is 7. The Morgan fingerprint density at radius 1 is 1.24 bits per heavy atom. The third-order valence-electron chi connectivity index (χ3n) is 5.07. The van der Waals surface area contributed by atoms with Crippen LogP contribution in [0.2, 0.25) is 0 Å². The smallest absolute Gasteiger partial charge is 0.441 e. The fourth-order valence-corrected chi connectivity index (χ4v) is 3.50. The fraction of sp³-hybridized carbons (Fsp3) is 0.500. The Kier molecular flexibility index (Phi) is 7.37. The second kappa shape index (κ2) is 10.2. The number of amides is 1. The van der Waals surface area contributed by atoms with Gasteiger partial charge in [0.1, 0.15) is 11.8 Å². The normalized spacial score (nSPS) is 20.3. The van der Waals surface area contributed by atoms with Gasteiger partial charge in [0.05, 0.1) is 24.6 Å². The number of aromatic nitrogens is 5. The van der Waals surface area contributed by atoms with Crippen molar-refractivity contribution in [1.29, 1.82) is 0 Å². The molecule has 3 N–H and O–H groups in total. The summed E-state index contributed by atoms with van der Waals surface area (Å²) < 4.78 is 107. The molecule has 18 heteroatoms. The fourth-order valence-electron chi connectivity index (χ4n) is 3.50. The monoisotopic (exact) mass is 555 g/mol. The van der Waals surface area contributed by atoms with Crippen LogP contribution in [0.1, 0.15) is 37.0 Å². The zero-order chi connectivity index (χ0) is 27.8. The van der Waals surface area contributed by atoms with Gasteiger partial charge in [-0.15, -0.1) is 13.2 Å². The average molecular weight is 555 g/mol. The summed E-state index contributed by atoms with van der Waals surface area (Å²) in [6, 6.07) is 1.54. The first-order valence-electron chi connectivity index (χ1n) is 10.9. The standard InChI is InChI=1S/C20H20F7N7O4/c1-8(2)28-18(35)38-11-7-36-16(15(11)21)10-3-13(33-32-10)31-17-30-12(19(22,23)24)4-14-29-9(5-34(14)17)6-37-20(25,26)27/h3-5,8,11,15-16H,6-7H2,1-2H3,(H,28,35)(H2,30,31,32,33)/t11-,15+,16-/m1/s1. The van der Waals surface area contributed by atoms with Crippen molar-refractivity contribution in [1.82, 2.24) is 29.9 Å². The number of hydrogen-bond donors (Lipinski definition) is 3. The van der Waals surface area contributed by atoms with Crippen molar-refractivity contribution in [3.8, 4) is 0 Å². The molecule has 4 rings (SSSR count). The van der Waals surface area contributed by atoms with Crippen LogP contribution in [0.25, 0.3) is 5.65 Å². The van der Waals surface area contributed by atoms with Crippen LogP contribution >= 0.6 is 0 Å². The predicted octanol–water partition coefficient (Wildman–Crippen LogP) is 4.16. The molecule has 3 atom stereocenters. The Hall–Kier alpha value is -3.67. The van der Waals surface area contributed by atoms with Gasteiger partial charge < -0.3 is 20.1 Å². The highest BCUT2D eigenvalue weighted by Crippen LogP contribution is 2.34. The van der Waals surface area contributed by atoms with E-state index in [2.05, 4.69) is 35.5 Å². The molecular weight excluding hydrogens is 535 g/mol. The van der Waals surface area contributed by atoms with E-state index in [1.807, 2.05) is 0 Å². The van der Waals surface area contributed by atoms with Crippen LogP contribution in [0.15, 0.2) is 18.3 Å². The number of ether oxygens (including phenoxy) is 3. The maximum atomic E-state index is 14.9. The number of H-pyrrole nitrogens is 1. The van der Waals surface area contributed by atoms with E-state index in [-0.39, 0.29) is 35.5 Å². The highest BCUT2D eigenvalue weighted by atomic mass is 19.4. The molecule has 1 fully saturated rings. The van der Waals surface area contributed by atoms with Crippen molar-refractivity contribution < 1.29 is 49.7 Å². The maximum Gasteiger partial charge on any atom is 0.522 e. The van der Waals surface area contributed by atoms with Crippen molar-refractivity contribution in [3.63, 3.8) is 0 Å². The number of rotatable bonds is 7. The van der Waals surface area contributed by atoms with E-state index in [9.17, 15) is 35.5 Å². The van der Waals surface area contributed by atoms with Crippen LogP contribution in [-0.4, -0.2) is 61.9 Å². The topological polar surface area (TPSA) is 128 Å². The number of hydrogen-bond acceptors (Lipinski definition) is 8. The molecule has 0 aromatic carbocycles. The molecule has 3 aromatic rings. The van der Waals surface area contributed by atoms with E-state index in [0.29, 0.717) is 6.07 Å². The van der Waals surface area contributed by atoms with E-state index in [1.165, 1.54) is 6.07 Å². The third-order valence-corrected chi connectivity index (χ3v) is 5.07. The van der Waals surface area contributed by atoms with Crippen LogP contribution in [0.5, 0.6) is 0 Å². The van der Waals surface area contributed by atoms with E-state index in [1.54, 1.807) is 13.8 Å². The highest BCUT2D eigenvalue weighted by Gasteiger charge is 2.42. The first-order chi connectivity index (χ1) is 17.7. The quantitative estimate of drug-likeness (QED) is 0.371. The molecule has 1 aliphatic rings. The largest absolute Gasteiger partial charge is 0.522 e. The van der Waals surface area contributed by atoms with Gasteiger partial charge in [0.25, 0.3) is 0 Å². The molecule has 0 radical (unpaired) electrons. The first kappa shape index (κ1) is 27.4. The zero-order valence-electron chi connectivity index (χ0n) is 19.5. The molecule has 0 saturated carbocycles. The van der Waals surface area contributed by atoms with Gasteiger partial charge in [0.2, 0.25) is 5.95 Å². The summed E-state index contributed by atoms with van der Waals surface area (Å²) >= 11 is 0. The lowest BCUT2D eigenvalue weighted by atomic mass is 10.1. The Morgan fingerprint density at radius 2 is 1.97 bits per heavy atom. The summed E-state index contributed by atoms with van der Waals surface area (Å²) in [5.41, 5.74) is -1.99. The Morgan fingerprint density at radius 3 is 2.63 bits per heavy atom. The lowest BCUT2D eigenvalue weighted by Crippen LogP contribution is -2.36. The molecule has 0 aliphatic carbocycles. The Bertz CT molecular complexity index is 1290. The van der Waals surface area contributed by atoms with E-state index in [0.717, 1.165) is 10.6 Å². The molecular formula is C20H20F7N7O4.